The molecule has 2 heterocycles. The molecular weight excluding hydrogens is 368 g/mol. The van der Waals surface area contributed by atoms with Crippen LogP contribution in [0.3, 0.4) is 0 Å². The lowest BCUT2D eigenvalue weighted by molar-refractivity contribution is 0.125. The van der Waals surface area contributed by atoms with Crippen molar-refractivity contribution in [2.75, 3.05) is 5.32 Å². The topological polar surface area (TPSA) is 37.0 Å². The summed E-state index contributed by atoms with van der Waals surface area (Å²) < 4.78 is 6.20. The minimum absolute atomic E-state index is 0.0524. The number of anilines is 2. The fraction of sp³-hybridized carbons (Fsp3) is 0.333. The summed E-state index contributed by atoms with van der Waals surface area (Å²) in [5.41, 5.74) is 7.63. The maximum absolute atomic E-state index is 6.20. The molecule has 0 saturated carbocycles. The molecule has 2 N–H and O–H groups in total. The van der Waals surface area contributed by atoms with E-state index in [1.165, 1.54) is 27.4 Å². The van der Waals surface area contributed by atoms with Crippen LogP contribution in [-0.4, -0.2) is 4.98 Å². The Balaban J connectivity index is 1.63. The molecule has 0 saturated heterocycles. The van der Waals surface area contributed by atoms with Crippen molar-refractivity contribution in [2.24, 2.45) is 5.41 Å². The number of para-hydroxylation sites is 2. The number of rotatable bonds is 0. The molecule has 30 heavy (non-hydrogen) atoms. The van der Waals surface area contributed by atoms with E-state index in [-0.39, 0.29) is 16.2 Å². The molecule has 4 aromatic rings. The summed E-state index contributed by atoms with van der Waals surface area (Å²) in [6, 6.07) is 17.1. The van der Waals surface area contributed by atoms with Gasteiger partial charge >= 0.3 is 0 Å². The van der Waals surface area contributed by atoms with Crippen LogP contribution in [0.2, 0.25) is 0 Å². The van der Waals surface area contributed by atoms with Crippen LogP contribution >= 0.6 is 0 Å². The maximum atomic E-state index is 6.20. The second-order valence-electron chi connectivity index (χ2n) is 10.5. The predicted molar refractivity (Wildman–Crippen MR) is 125 cm³/mol. The molecule has 3 nitrogen and oxygen atoms in total. The number of hydrogen-bond donors (Lipinski definition) is 2. The highest BCUT2D eigenvalue weighted by molar-refractivity contribution is 6.11. The third-order valence-electron chi connectivity index (χ3n) is 8.67. The van der Waals surface area contributed by atoms with Crippen molar-refractivity contribution in [3.05, 3.63) is 59.7 Å². The van der Waals surface area contributed by atoms with E-state index in [0.717, 1.165) is 28.4 Å². The lowest BCUT2D eigenvalue weighted by atomic mass is 9.59. The third kappa shape index (κ3) is 1.91. The zero-order chi connectivity index (χ0) is 21.1. The van der Waals surface area contributed by atoms with E-state index >= 15 is 0 Å². The Morgan fingerprint density at radius 2 is 1.50 bits per heavy atom. The minimum atomic E-state index is 0.0524. The molecule has 0 unspecified atom stereocenters. The number of aromatic nitrogens is 1. The van der Waals surface area contributed by atoms with Crippen LogP contribution < -0.4 is 10.1 Å². The zero-order valence-corrected chi connectivity index (χ0v) is 18.5. The summed E-state index contributed by atoms with van der Waals surface area (Å²) in [5.74, 6) is 1.73. The Morgan fingerprint density at radius 1 is 0.733 bits per heavy atom. The van der Waals surface area contributed by atoms with Crippen molar-refractivity contribution in [1.29, 1.82) is 0 Å². The SMILES string of the molecule is CC1(C)c2ccc3c([nH]c4cc5c(cc43)Nc3ccccc3O5)c2C(C)(C)C1(C)C. The number of benzene rings is 3. The van der Waals surface area contributed by atoms with Crippen LogP contribution in [0.4, 0.5) is 11.4 Å². The van der Waals surface area contributed by atoms with Gasteiger partial charge in [0.2, 0.25) is 0 Å². The molecule has 0 radical (unpaired) electrons. The van der Waals surface area contributed by atoms with Gasteiger partial charge in [0, 0.05) is 16.8 Å². The zero-order valence-electron chi connectivity index (χ0n) is 18.5. The summed E-state index contributed by atoms with van der Waals surface area (Å²) in [7, 11) is 0. The first-order valence-electron chi connectivity index (χ1n) is 10.8. The first kappa shape index (κ1) is 17.9. The monoisotopic (exact) mass is 396 g/mol. The van der Waals surface area contributed by atoms with Gasteiger partial charge in [0.15, 0.2) is 11.5 Å². The first-order valence-corrected chi connectivity index (χ1v) is 10.8. The Bertz CT molecular complexity index is 1370. The molecule has 1 aliphatic heterocycles. The number of ether oxygens (including phenoxy) is 1. The number of fused-ring (bicyclic) bond motifs is 7. The Hall–Kier alpha value is -2.94. The molecule has 3 aromatic carbocycles. The van der Waals surface area contributed by atoms with Gasteiger partial charge in [-0.2, -0.15) is 0 Å². The number of hydrogen-bond acceptors (Lipinski definition) is 2. The van der Waals surface area contributed by atoms with Gasteiger partial charge in [0.25, 0.3) is 0 Å². The molecule has 0 bridgehead atoms. The second-order valence-corrected chi connectivity index (χ2v) is 10.5. The molecule has 0 atom stereocenters. The van der Waals surface area contributed by atoms with Crippen molar-refractivity contribution in [1.82, 2.24) is 4.98 Å². The van der Waals surface area contributed by atoms with Crippen molar-refractivity contribution in [2.45, 2.75) is 52.4 Å². The van der Waals surface area contributed by atoms with Crippen LogP contribution in [0.15, 0.2) is 48.5 Å². The highest BCUT2D eigenvalue weighted by Gasteiger charge is 2.57. The predicted octanol–water partition coefficient (Wildman–Crippen LogP) is 7.77. The van der Waals surface area contributed by atoms with E-state index < -0.39 is 0 Å². The van der Waals surface area contributed by atoms with Crippen LogP contribution in [0, 0.1) is 5.41 Å². The summed E-state index contributed by atoms with van der Waals surface area (Å²) in [6.07, 6.45) is 0. The van der Waals surface area contributed by atoms with Crippen LogP contribution in [0.5, 0.6) is 11.5 Å². The van der Waals surface area contributed by atoms with Crippen molar-refractivity contribution < 1.29 is 4.74 Å². The van der Waals surface area contributed by atoms with Gasteiger partial charge in [-0.25, -0.2) is 0 Å². The second kappa shape index (κ2) is 5.21. The van der Waals surface area contributed by atoms with Gasteiger partial charge in [0.05, 0.1) is 22.4 Å². The Kier molecular flexibility index (Phi) is 3.10. The molecule has 152 valence electrons. The van der Waals surface area contributed by atoms with Gasteiger partial charge in [-0.1, -0.05) is 65.8 Å². The number of aromatic amines is 1. The van der Waals surface area contributed by atoms with Gasteiger partial charge in [-0.3, -0.25) is 0 Å². The fourth-order valence-electron chi connectivity index (χ4n) is 5.70. The van der Waals surface area contributed by atoms with Crippen molar-refractivity contribution in [3.63, 3.8) is 0 Å². The van der Waals surface area contributed by atoms with Crippen LogP contribution in [-0.2, 0) is 10.8 Å². The average molecular weight is 397 g/mol. The summed E-state index contributed by atoms with van der Waals surface area (Å²) in [6.45, 7) is 14.4. The standard InChI is InChI=1S/C27H28N2O/c1-25(2)17-12-11-15-16-13-20-22(30-21-10-8-7-9-18(21)28-20)14-19(16)29-24(15)23(17)26(3,4)27(25,5)6/h7-14,28-29H,1-6H3. The molecular formula is C27H28N2O. The van der Waals surface area contributed by atoms with Crippen LogP contribution in [0.1, 0.15) is 52.7 Å². The fourth-order valence-corrected chi connectivity index (χ4v) is 5.70. The van der Waals surface area contributed by atoms with E-state index in [4.69, 9.17) is 4.74 Å². The van der Waals surface area contributed by atoms with Gasteiger partial charge in [0.1, 0.15) is 0 Å². The first-order chi connectivity index (χ1) is 14.1. The lowest BCUT2D eigenvalue weighted by Crippen LogP contribution is -2.42. The maximum Gasteiger partial charge on any atom is 0.153 e. The van der Waals surface area contributed by atoms with Gasteiger partial charge in [-0.15, -0.1) is 0 Å². The van der Waals surface area contributed by atoms with E-state index in [9.17, 15) is 0 Å². The molecule has 2 aliphatic rings. The van der Waals surface area contributed by atoms with E-state index in [0.29, 0.717) is 0 Å². The number of H-pyrrole nitrogens is 1. The van der Waals surface area contributed by atoms with E-state index in [1.807, 2.05) is 18.2 Å². The van der Waals surface area contributed by atoms with Gasteiger partial charge in [-0.05, 0) is 45.6 Å². The molecule has 1 aliphatic carbocycles. The van der Waals surface area contributed by atoms with Crippen molar-refractivity contribution in [3.8, 4) is 11.5 Å². The molecule has 0 fully saturated rings. The molecule has 6 rings (SSSR count). The lowest BCUT2D eigenvalue weighted by Gasteiger charge is -2.44. The van der Waals surface area contributed by atoms with Crippen molar-refractivity contribution >= 4 is 33.2 Å². The van der Waals surface area contributed by atoms with Crippen LogP contribution in [0.25, 0.3) is 21.8 Å². The third-order valence-corrected chi connectivity index (χ3v) is 8.67. The quantitative estimate of drug-likeness (QED) is 0.280. The summed E-state index contributed by atoms with van der Waals surface area (Å²) >= 11 is 0. The molecule has 3 heteroatoms. The van der Waals surface area contributed by atoms with Gasteiger partial charge < -0.3 is 15.0 Å². The Labute approximate surface area is 177 Å². The molecule has 1 aromatic heterocycles. The largest absolute Gasteiger partial charge is 0.453 e. The average Bonchev–Trinajstić information content (AvgIpc) is 3.10. The normalized spacial score (nSPS) is 19.7. The highest BCUT2D eigenvalue weighted by Crippen LogP contribution is 2.63. The van der Waals surface area contributed by atoms with E-state index in [2.05, 4.69) is 82.2 Å². The number of nitrogens with one attached hydrogen (secondary N) is 2. The van der Waals surface area contributed by atoms with E-state index in [1.54, 1.807) is 0 Å². The summed E-state index contributed by atoms with van der Waals surface area (Å²) in [4.78, 5) is 3.78. The smallest absolute Gasteiger partial charge is 0.153 e. The molecule has 0 spiro atoms. The summed E-state index contributed by atoms with van der Waals surface area (Å²) in [5, 5.41) is 6.07. The minimum Gasteiger partial charge on any atom is -0.453 e. The molecule has 0 amide bonds. The highest BCUT2D eigenvalue weighted by atomic mass is 16.5. The Morgan fingerprint density at radius 3 is 2.30 bits per heavy atom.